The Morgan fingerprint density at radius 2 is 1.74 bits per heavy atom. The average Bonchev–Trinajstić information content (AvgIpc) is 3.22. The molecule has 0 spiro atoms. The number of aryl methyl sites for hydroxylation is 4. The average molecular weight is 549 g/mol. The Morgan fingerprint density at radius 3 is 2.54 bits per heavy atom. The van der Waals surface area contributed by atoms with E-state index in [2.05, 4.69) is 42.5 Å². The van der Waals surface area contributed by atoms with Crippen molar-refractivity contribution in [3.8, 4) is 22.6 Å². The largest absolute Gasteiger partial charge is 0.494 e. The van der Waals surface area contributed by atoms with Gasteiger partial charge in [0.15, 0.2) is 0 Å². The maximum Gasteiger partial charge on any atom is 0.304 e. The first-order chi connectivity index (χ1) is 18.8. The van der Waals surface area contributed by atoms with E-state index < -0.39 is 15.8 Å². The first-order valence-corrected chi connectivity index (χ1v) is 15.7. The van der Waals surface area contributed by atoms with Crippen molar-refractivity contribution in [2.24, 2.45) is 0 Å². The highest BCUT2D eigenvalue weighted by Gasteiger charge is 2.26. The summed E-state index contributed by atoms with van der Waals surface area (Å²) in [6.45, 7) is 2.50. The van der Waals surface area contributed by atoms with Crippen LogP contribution in [0.4, 0.5) is 0 Å². The molecule has 7 heteroatoms. The van der Waals surface area contributed by atoms with Crippen LogP contribution in [0.15, 0.2) is 54.6 Å². The number of sulfone groups is 1. The predicted molar refractivity (Wildman–Crippen MR) is 153 cm³/mol. The lowest BCUT2D eigenvalue weighted by atomic mass is 9.92. The second-order valence-electron chi connectivity index (χ2n) is 10.6. The first-order valence-electron chi connectivity index (χ1n) is 13.9. The van der Waals surface area contributed by atoms with Crippen LogP contribution in [0.2, 0.25) is 0 Å². The molecule has 3 aromatic rings. The topological polar surface area (TPSA) is 89.9 Å². The van der Waals surface area contributed by atoms with E-state index >= 15 is 0 Å². The third kappa shape index (κ3) is 6.64. The third-order valence-corrected chi connectivity index (χ3v) is 9.61. The van der Waals surface area contributed by atoms with Crippen molar-refractivity contribution in [3.63, 3.8) is 0 Å². The molecule has 6 nitrogen and oxygen atoms in total. The van der Waals surface area contributed by atoms with Crippen molar-refractivity contribution in [1.29, 1.82) is 0 Å². The van der Waals surface area contributed by atoms with E-state index in [-0.39, 0.29) is 23.8 Å². The molecule has 2 aliphatic rings. The lowest BCUT2D eigenvalue weighted by Crippen LogP contribution is -2.11. The van der Waals surface area contributed by atoms with Crippen LogP contribution in [0.3, 0.4) is 0 Å². The Kier molecular flexibility index (Phi) is 8.26. The second kappa shape index (κ2) is 11.8. The summed E-state index contributed by atoms with van der Waals surface area (Å²) in [5.41, 5.74) is 8.65. The van der Waals surface area contributed by atoms with Gasteiger partial charge in [-0.05, 0) is 90.1 Å². The van der Waals surface area contributed by atoms with Gasteiger partial charge in [-0.2, -0.15) is 0 Å². The van der Waals surface area contributed by atoms with Crippen LogP contribution >= 0.6 is 0 Å². The number of aliphatic carboxylic acids is 1. The molecule has 0 radical (unpaired) electrons. The van der Waals surface area contributed by atoms with E-state index in [0.29, 0.717) is 19.6 Å². The monoisotopic (exact) mass is 548 g/mol. The van der Waals surface area contributed by atoms with Crippen LogP contribution in [-0.2, 0) is 40.3 Å². The van der Waals surface area contributed by atoms with E-state index in [0.717, 1.165) is 49.2 Å². The minimum absolute atomic E-state index is 0.0701. The molecule has 0 saturated heterocycles. The second-order valence-corrected chi connectivity index (χ2v) is 13.1. The number of hydrogen-bond acceptors (Lipinski definition) is 5. The summed E-state index contributed by atoms with van der Waals surface area (Å²) in [7, 11) is -2.97. The predicted octanol–water partition coefficient (Wildman–Crippen LogP) is 5.78. The van der Waals surface area contributed by atoms with Crippen molar-refractivity contribution in [2.45, 2.75) is 57.8 Å². The minimum Gasteiger partial charge on any atom is -0.494 e. The minimum atomic E-state index is -2.97. The number of carboxylic acid groups (broad SMARTS) is 1. The molecule has 5 rings (SSSR count). The van der Waals surface area contributed by atoms with Gasteiger partial charge in [0.1, 0.15) is 21.3 Å². The van der Waals surface area contributed by atoms with Gasteiger partial charge in [0.2, 0.25) is 0 Å². The van der Waals surface area contributed by atoms with Crippen LogP contribution < -0.4 is 9.47 Å². The standard InChI is InChI=1S/C32H36O6S/c1-2-39(35,36)16-4-15-37-27-12-14-28-25(19-27)6-3-5-24-11-9-22(17-30(24)28)7-8-23-10-13-29-26(20-32(33)34)21-38-31(29)18-23/h9-14,17-19,26H,2-8,15-16,20-21H2,1H3,(H,33,34)/t26-/m1/s1. The SMILES string of the molecule is CCS(=O)(=O)CCCOc1ccc2c(c1)CCCc1ccc(CCc3ccc4c(c3)OC[C@H]4CC(=O)O)cc1-2. The van der Waals surface area contributed by atoms with Crippen LogP contribution in [0.1, 0.15) is 59.9 Å². The zero-order valence-electron chi connectivity index (χ0n) is 22.4. The number of ether oxygens (including phenoxy) is 2. The summed E-state index contributed by atoms with van der Waals surface area (Å²) in [5, 5.41) is 9.14. The van der Waals surface area contributed by atoms with Crippen LogP contribution in [0, 0.1) is 0 Å². The Balaban J connectivity index is 1.26. The molecular weight excluding hydrogens is 512 g/mol. The van der Waals surface area contributed by atoms with Crippen LogP contribution in [0.25, 0.3) is 11.1 Å². The van der Waals surface area contributed by atoms with Gasteiger partial charge in [-0.25, -0.2) is 8.42 Å². The molecule has 1 N–H and O–H groups in total. The lowest BCUT2D eigenvalue weighted by Gasteiger charge is -2.14. The van der Waals surface area contributed by atoms with Gasteiger partial charge >= 0.3 is 5.97 Å². The Morgan fingerprint density at radius 1 is 0.974 bits per heavy atom. The number of rotatable bonds is 11. The van der Waals surface area contributed by atoms with Crippen molar-refractivity contribution < 1.29 is 27.8 Å². The lowest BCUT2D eigenvalue weighted by molar-refractivity contribution is -0.137. The fourth-order valence-electron chi connectivity index (χ4n) is 5.60. The zero-order valence-corrected chi connectivity index (χ0v) is 23.3. The van der Waals surface area contributed by atoms with Gasteiger partial charge < -0.3 is 14.6 Å². The highest BCUT2D eigenvalue weighted by atomic mass is 32.2. The van der Waals surface area contributed by atoms with Gasteiger partial charge in [-0.1, -0.05) is 43.3 Å². The van der Waals surface area contributed by atoms with Crippen LogP contribution in [0.5, 0.6) is 11.5 Å². The van der Waals surface area contributed by atoms with Gasteiger partial charge in [0.05, 0.1) is 25.4 Å². The van der Waals surface area contributed by atoms with Crippen LogP contribution in [-0.4, -0.2) is 44.2 Å². The number of fused-ring (bicyclic) bond motifs is 4. The zero-order chi connectivity index (χ0) is 27.4. The highest BCUT2D eigenvalue weighted by molar-refractivity contribution is 7.91. The van der Waals surface area contributed by atoms with E-state index in [1.807, 2.05) is 12.1 Å². The maximum atomic E-state index is 11.7. The fourth-order valence-corrected chi connectivity index (χ4v) is 6.45. The summed E-state index contributed by atoms with van der Waals surface area (Å²) in [5.74, 6) is 1.08. The fraction of sp³-hybridized carbons (Fsp3) is 0.406. The smallest absolute Gasteiger partial charge is 0.304 e. The molecule has 1 atom stereocenters. The Hall–Kier alpha value is -3.32. The maximum absolute atomic E-state index is 11.7. The van der Waals surface area contributed by atoms with Crippen molar-refractivity contribution in [1.82, 2.24) is 0 Å². The van der Waals surface area contributed by atoms with Crippen molar-refractivity contribution in [3.05, 3.63) is 82.4 Å². The molecule has 3 aromatic carbocycles. The number of benzene rings is 3. The van der Waals surface area contributed by atoms with Gasteiger partial charge in [0.25, 0.3) is 0 Å². The Labute approximate surface area is 230 Å². The molecule has 0 aromatic heterocycles. The number of carbonyl (C=O) groups is 1. The highest BCUT2D eigenvalue weighted by Crippen LogP contribution is 2.38. The van der Waals surface area contributed by atoms with E-state index in [1.165, 1.54) is 33.4 Å². The molecule has 0 unspecified atom stereocenters. The molecule has 1 heterocycles. The van der Waals surface area contributed by atoms with Crippen molar-refractivity contribution in [2.75, 3.05) is 24.7 Å². The molecular formula is C32H36O6S. The van der Waals surface area contributed by atoms with E-state index in [9.17, 15) is 13.2 Å². The molecule has 0 amide bonds. The van der Waals surface area contributed by atoms with Gasteiger partial charge in [0, 0.05) is 17.2 Å². The van der Waals surface area contributed by atoms with Gasteiger partial charge in [-0.15, -0.1) is 0 Å². The van der Waals surface area contributed by atoms with Crippen molar-refractivity contribution >= 4 is 15.8 Å². The molecule has 0 fully saturated rings. The summed E-state index contributed by atoms with van der Waals surface area (Å²) in [4.78, 5) is 11.1. The number of carboxylic acids is 1. The number of hydrogen-bond donors (Lipinski definition) is 1. The van der Waals surface area contributed by atoms with Gasteiger partial charge in [-0.3, -0.25) is 4.79 Å². The molecule has 206 valence electrons. The Bertz CT molecular complexity index is 1460. The summed E-state index contributed by atoms with van der Waals surface area (Å²) < 4.78 is 35.1. The molecule has 0 saturated carbocycles. The summed E-state index contributed by atoms with van der Waals surface area (Å²) >= 11 is 0. The molecule has 1 aliphatic heterocycles. The summed E-state index contributed by atoms with van der Waals surface area (Å²) in [6.07, 6.45) is 5.48. The molecule has 0 bridgehead atoms. The summed E-state index contributed by atoms with van der Waals surface area (Å²) in [6, 6.07) is 19.3. The third-order valence-electron chi connectivity index (χ3n) is 7.82. The molecule has 1 aliphatic carbocycles. The quantitative estimate of drug-likeness (QED) is 0.306. The first kappa shape index (κ1) is 27.3. The van der Waals surface area contributed by atoms with E-state index in [1.54, 1.807) is 6.92 Å². The van der Waals surface area contributed by atoms with E-state index in [4.69, 9.17) is 14.6 Å². The normalized spacial score (nSPS) is 16.0. The molecule has 39 heavy (non-hydrogen) atoms.